The van der Waals surface area contributed by atoms with Crippen molar-refractivity contribution in [3.8, 4) is 0 Å². The van der Waals surface area contributed by atoms with Crippen molar-refractivity contribution in [3.05, 3.63) is 72.6 Å². The maximum Gasteiger partial charge on any atom is 0.255 e. The fourth-order valence-corrected chi connectivity index (χ4v) is 4.02. The van der Waals surface area contributed by atoms with E-state index in [0.717, 1.165) is 34.5 Å². The lowest BCUT2D eigenvalue weighted by molar-refractivity contribution is 0.102. The summed E-state index contributed by atoms with van der Waals surface area (Å²) in [6.07, 6.45) is 7.15. The van der Waals surface area contributed by atoms with Gasteiger partial charge >= 0.3 is 0 Å². The molecule has 1 aliphatic rings. The van der Waals surface area contributed by atoms with Crippen molar-refractivity contribution in [1.29, 1.82) is 0 Å². The average Bonchev–Trinajstić information content (AvgIpc) is 2.76. The lowest BCUT2D eigenvalue weighted by atomic mass is 10.1. The standard InChI is InChI=1S/C22H22N4OS/c27-22(17-9-11-18(12-10-17)28-20-8-2-3-13-23-20)25-19-7-6-14-24-21(19)26-15-4-1-5-16-26/h2-3,6-14H,1,4-5,15-16H2,(H,25,27). The second-order valence-electron chi connectivity index (χ2n) is 6.67. The zero-order valence-corrected chi connectivity index (χ0v) is 16.4. The molecule has 1 amide bonds. The van der Waals surface area contributed by atoms with Crippen molar-refractivity contribution in [2.24, 2.45) is 0 Å². The van der Waals surface area contributed by atoms with E-state index in [4.69, 9.17) is 0 Å². The van der Waals surface area contributed by atoms with E-state index in [2.05, 4.69) is 20.2 Å². The highest BCUT2D eigenvalue weighted by molar-refractivity contribution is 7.99. The van der Waals surface area contributed by atoms with Gasteiger partial charge in [0, 0.05) is 35.9 Å². The van der Waals surface area contributed by atoms with Crippen molar-refractivity contribution in [3.63, 3.8) is 0 Å². The van der Waals surface area contributed by atoms with Gasteiger partial charge in [-0.15, -0.1) is 0 Å². The molecule has 1 N–H and O–H groups in total. The second kappa shape index (κ2) is 8.89. The molecule has 5 nitrogen and oxygen atoms in total. The molecule has 1 aliphatic heterocycles. The monoisotopic (exact) mass is 390 g/mol. The Balaban J connectivity index is 1.45. The zero-order chi connectivity index (χ0) is 19.2. The van der Waals surface area contributed by atoms with Crippen LogP contribution in [-0.4, -0.2) is 29.0 Å². The van der Waals surface area contributed by atoms with E-state index in [1.807, 2.05) is 54.6 Å². The minimum atomic E-state index is -0.124. The Labute approximate surface area is 169 Å². The van der Waals surface area contributed by atoms with Crippen LogP contribution in [0.2, 0.25) is 0 Å². The molecule has 28 heavy (non-hydrogen) atoms. The number of carbonyl (C=O) groups is 1. The predicted octanol–water partition coefficient (Wildman–Crippen LogP) is 4.87. The van der Waals surface area contributed by atoms with Crippen molar-refractivity contribution in [1.82, 2.24) is 9.97 Å². The van der Waals surface area contributed by atoms with E-state index in [0.29, 0.717) is 5.56 Å². The number of hydrogen-bond acceptors (Lipinski definition) is 5. The van der Waals surface area contributed by atoms with Crippen LogP contribution in [0, 0.1) is 0 Å². The number of nitrogens with one attached hydrogen (secondary N) is 1. The molecule has 6 heteroatoms. The van der Waals surface area contributed by atoms with Crippen LogP contribution in [-0.2, 0) is 0 Å². The highest BCUT2D eigenvalue weighted by Crippen LogP contribution is 2.28. The largest absolute Gasteiger partial charge is 0.355 e. The quantitative estimate of drug-likeness (QED) is 0.673. The van der Waals surface area contributed by atoms with Crippen LogP contribution in [0.1, 0.15) is 29.6 Å². The highest BCUT2D eigenvalue weighted by Gasteiger charge is 2.17. The van der Waals surface area contributed by atoms with Gasteiger partial charge in [0.1, 0.15) is 5.03 Å². The zero-order valence-electron chi connectivity index (χ0n) is 15.5. The Morgan fingerprint density at radius 1 is 0.893 bits per heavy atom. The molecule has 1 saturated heterocycles. The van der Waals surface area contributed by atoms with Gasteiger partial charge in [-0.2, -0.15) is 0 Å². The maximum absolute atomic E-state index is 12.7. The van der Waals surface area contributed by atoms with Gasteiger partial charge in [0.2, 0.25) is 0 Å². The van der Waals surface area contributed by atoms with E-state index in [-0.39, 0.29) is 5.91 Å². The third-order valence-corrected chi connectivity index (χ3v) is 5.63. The first-order chi connectivity index (χ1) is 13.8. The fourth-order valence-electron chi connectivity index (χ4n) is 3.25. The van der Waals surface area contributed by atoms with Crippen LogP contribution in [0.3, 0.4) is 0 Å². The summed E-state index contributed by atoms with van der Waals surface area (Å²) in [7, 11) is 0. The molecule has 2 aromatic heterocycles. The molecule has 3 heterocycles. The molecule has 1 fully saturated rings. The third kappa shape index (κ3) is 4.51. The van der Waals surface area contributed by atoms with Gasteiger partial charge in [0.15, 0.2) is 5.82 Å². The van der Waals surface area contributed by atoms with Crippen molar-refractivity contribution < 1.29 is 4.79 Å². The van der Waals surface area contributed by atoms with Crippen LogP contribution in [0.25, 0.3) is 0 Å². The minimum absolute atomic E-state index is 0.124. The molecule has 0 atom stereocenters. The number of carbonyl (C=O) groups excluding carboxylic acids is 1. The van der Waals surface area contributed by atoms with Gasteiger partial charge in [-0.05, 0) is 67.8 Å². The number of pyridine rings is 2. The summed E-state index contributed by atoms with van der Waals surface area (Å²) in [5.41, 5.74) is 1.39. The topological polar surface area (TPSA) is 58.1 Å². The normalized spacial score (nSPS) is 13.9. The molecule has 4 rings (SSSR count). The van der Waals surface area contributed by atoms with Crippen molar-refractivity contribution in [2.45, 2.75) is 29.2 Å². The van der Waals surface area contributed by atoms with Gasteiger partial charge < -0.3 is 10.2 Å². The number of amides is 1. The second-order valence-corrected chi connectivity index (χ2v) is 7.76. The molecule has 1 aromatic carbocycles. The van der Waals surface area contributed by atoms with Crippen LogP contribution < -0.4 is 10.2 Å². The Kier molecular flexibility index (Phi) is 5.87. The molecular formula is C22H22N4OS. The molecule has 0 radical (unpaired) electrons. The highest BCUT2D eigenvalue weighted by atomic mass is 32.2. The Morgan fingerprint density at radius 3 is 2.43 bits per heavy atom. The number of nitrogens with zero attached hydrogens (tertiary/aromatic N) is 3. The summed E-state index contributed by atoms with van der Waals surface area (Å²) >= 11 is 1.57. The summed E-state index contributed by atoms with van der Waals surface area (Å²) in [6, 6.07) is 17.2. The first-order valence-corrected chi connectivity index (χ1v) is 10.3. The predicted molar refractivity (Wildman–Crippen MR) is 113 cm³/mol. The lowest BCUT2D eigenvalue weighted by Gasteiger charge is -2.29. The van der Waals surface area contributed by atoms with Crippen LogP contribution in [0.15, 0.2) is 76.9 Å². The summed E-state index contributed by atoms with van der Waals surface area (Å²) < 4.78 is 0. The van der Waals surface area contributed by atoms with E-state index >= 15 is 0 Å². The third-order valence-electron chi connectivity index (χ3n) is 4.67. The van der Waals surface area contributed by atoms with Crippen molar-refractivity contribution >= 4 is 29.2 Å². The molecule has 142 valence electrons. The van der Waals surface area contributed by atoms with E-state index in [9.17, 15) is 4.79 Å². The summed E-state index contributed by atoms with van der Waals surface area (Å²) in [5, 5.41) is 3.96. The molecule has 0 aliphatic carbocycles. The van der Waals surface area contributed by atoms with Crippen LogP contribution in [0.4, 0.5) is 11.5 Å². The molecular weight excluding hydrogens is 368 g/mol. The molecule has 0 unspecified atom stereocenters. The molecule has 3 aromatic rings. The van der Waals surface area contributed by atoms with Gasteiger partial charge in [0.05, 0.1) is 5.69 Å². The fraction of sp³-hybridized carbons (Fsp3) is 0.227. The van der Waals surface area contributed by atoms with Gasteiger partial charge in [-0.3, -0.25) is 4.79 Å². The van der Waals surface area contributed by atoms with E-state index in [1.165, 1.54) is 19.3 Å². The van der Waals surface area contributed by atoms with Gasteiger partial charge in [-0.25, -0.2) is 9.97 Å². The van der Waals surface area contributed by atoms with Gasteiger partial charge in [0.25, 0.3) is 5.91 Å². The summed E-state index contributed by atoms with van der Waals surface area (Å²) in [6.45, 7) is 1.97. The van der Waals surface area contributed by atoms with E-state index in [1.54, 1.807) is 24.2 Å². The van der Waals surface area contributed by atoms with Crippen LogP contribution in [0.5, 0.6) is 0 Å². The smallest absolute Gasteiger partial charge is 0.255 e. The summed E-state index contributed by atoms with van der Waals surface area (Å²) in [4.78, 5) is 24.9. The number of aromatic nitrogens is 2. The molecule has 0 spiro atoms. The van der Waals surface area contributed by atoms with Crippen LogP contribution >= 0.6 is 11.8 Å². The maximum atomic E-state index is 12.7. The number of hydrogen-bond donors (Lipinski definition) is 1. The number of rotatable bonds is 5. The lowest BCUT2D eigenvalue weighted by Crippen LogP contribution is -2.31. The number of benzene rings is 1. The SMILES string of the molecule is O=C(Nc1cccnc1N1CCCCC1)c1ccc(Sc2ccccn2)cc1. The summed E-state index contributed by atoms with van der Waals surface area (Å²) in [5.74, 6) is 0.735. The van der Waals surface area contributed by atoms with Gasteiger partial charge in [-0.1, -0.05) is 17.8 Å². The Bertz CT molecular complexity index is 925. The number of anilines is 2. The van der Waals surface area contributed by atoms with E-state index < -0.39 is 0 Å². The molecule has 0 saturated carbocycles. The average molecular weight is 391 g/mol. The first-order valence-electron chi connectivity index (χ1n) is 9.50. The van der Waals surface area contributed by atoms with Crippen molar-refractivity contribution in [2.75, 3.05) is 23.3 Å². The first kappa shape index (κ1) is 18.5. The Hall–Kier alpha value is -2.86. The number of piperidine rings is 1. The minimum Gasteiger partial charge on any atom is -0.355 e. The molecule has 0 bridgehead atoms. The Morgan fingerprint density at radius 2 is 1.68 bits per heavy atom.